The highest BCUT2D eigenvalue weighted by molar-refractivity contribution is 5.91. The molecule has 0 fully saturated rings. The van der Waals surface area contributed by atoms with Gasteiger partial charge in [-0.25, -0.2) is 14.5 Å². The van der Waals surface area contributed by atoms with Crippen molar-refractivity contribution in [2.45, 2.75) is 39.2 Å². The summed E-state index contributed by atoms with van der Waals surface area (Å²) in [5, 5.41) is 9.99. The minimum Gasteiger partial charge on any atom is -0.495 e. The van der Waals surface area contributed by atoms with Gasteiger partial charge in [-0.05, 0) is 47.7 Å². The second kappa shape index (κ2) is 8.34. The van der Waals surface area contributed by atoms with Crippen LogP contribution in [0.5, 0.6) is 5.75 Å². The smallest absolute Gasteiger partial charge is 0.319 e. The molecule has 0 spiro atoms. The summed E-state index contributed by atoms with van der Waals surface area (Å²) in [6, 6.07) is 13.2. The van der Waals surface area contributed by atoms with Gasteiger partial charge < -0.3 is 15.4 Å². The Labute approximate surface area is 171 Å². The van der Waals surface area contributed by atoms with E-state index in [1.807, 2.05) is 49.4 Å². The number of carbonyl (C=O) groups is 1. The number of anilines is 1. The van der Waals surface area contributed by atoms with Crippen molar-refractivity contribution < 1.29 is 9.53 Å². The van der Waals surface area contributed by atoms with Crippen molar-refractivity contribution in [1.29, 1.82) is 0 Å². The molecule has 2 amide bonds. The van der Waals surface area contributed by atoms with E-state index in [-0.39, 0.29) is 17.5 Å². The molecule has 0 aliphatic rings. The number of nitrogens with zero attached hydrogens (tertiary/aromatic N) is 3. The second-order valence-corrected chi connectivity index (χ2v) is 7.92. The fourth-order valence-electron chi connectivity index (χ4n) is 2.97. The number of rotatable bonds is 5. The van der Waals surface area contributed by atoms with Crippen molar-refractivity contribution in [1.82, 2.24) is 20.1 Å². The summed E-state index contributed by atoms with van der Waals surface area (Å²) in [7, 11) is 1.59. The monoisotopic (exact) mass is 393 g/mol. The minimum absolute atomic E-state index is 0.0295. The molecule has 3 rings (SSSR count). The van der Waals surface area contributed by atoms with E-state index in [0.29, 0.717) is 11.4 Å². The molecule has 152 valence electrons. The highest BCUT2D eigenvalue weighted by atomic mass is 16.5. The van der Waals surface area contributed by atoms with Gasteiger partial charge in [-0.3, -0.25) is 0 Å². The molecule has 1 unspecified atom stereocenters. The highest BCUT2D eigenvalue weighted by Crippen LogP contribution is 2.31. The molecule has 0 radical (unpaired) electrons. The molecule has 7 heteroatoms. The summed E-state index contributed by atoms with van der Waals surface area (Å²) in [5.74, 6) is 0.623. The van der Waals surface area contributed by atoms with Gasteiger partial charge in [0.2, 0.25) is 0 Å². The molecule has 3 aromatic rings. The van der Waals surface area contributed by atoms with Gasteiger partial charge in [0.25, 0.3) is 0 Å². The van der Waals surface area contributed by atoms with E-state index >= 15 is 0 Å². The van der Waals surface area contributed by atoms with E-state index in [4.69, 9.17) is 4.74 Å². The quantitative estimate of drug-likeness (QED) is 0.671. The van der Waals surface area contributed by atoms with Crippen molar-refractivity contribution in [3.63, 3.8) is 0 Å². The number of hydrogen-bond acceptors (Lipinski definition) is 4. The lowest BCUT2D eigenvalue weighted by Crippen LogP contribution is -2.31. The SMILES string of the molecule is COc1ccc(C(C)(C)C)cc1NC(=O)NC(C)c1ccc(-n2cncn2)cc1. The average Bonchev–Trinajstić information content (AvgIpc) is 3.22. The van der Waals surface area contributed by atoms with Crippen LogP contribution in [0.2, 0.25) is 0 Å². The first-order valence-corrected chi connectivity index (χ1v) is 9.49. The van der Waals surface area contributed by atoms with E-state index in [1.54, 1.807) is 18.1 Å². The Morgan fingerprint density at radius 3 is 2.45 bits per heavy atom. The number of hydrogen-bond donors (Lipinski definition) is 2. The first-order valence-electron chi connectivity index (χ1n) is 9.49. The summed E-state index contributed by atoms with van der Waals surface area (Å²) in [6.07, 6.45) is 3.13. The van der Waals surface area contributed by atoms with Crippen LogP contribution in [0, 0.1) is 0 Å². The Morgan fingerprint density at radius 1 is 1.14 bits per heavy atom. The van der Waals surface area contributed by atoms with E-state index in [9.17, 15) is 4.79 Å². The second-order valence-electron chi connectivity index (χ2n) is 7.92. The zero-order valence-corrected chi connectivity index (χ0v) is 17.4. The number of nitrogens with one attached hydrogen (secondary N) is 2. The van der Waals surface area contributed by atoms with Crippen LogP contribution in [0.4, 0.5) is 10.5 Å². The fourth-order valence-corrected chi connectivity index (χ4v) is 2.97. The zero-order chi connectivity index (χ0) is 21.0. The van der Waals surface area contributed by atoms with Crippen LogP contribution in [0.15, 0.2) is 55.1 Å². The third-order valence-corrected chi connectivity index (χ3v) is 4.74. The molecule has 0 saturated heterocycles. The lowest BCUT2D eigenvalue weighted by molar-refractivity contribution is 0.249. The maximum absolute atomic E-state index is 12.6. The summed E-state index contributed by atoms with van der Waals surface area (Å²) in [5.41, 5.74) is 3.63. The maximum atomic E-state index is 12.6. The molecule has 0 bridgehead atoms. The van der Waals surface area contributed by atoms with E-state index in [0.717, 1.165) is 16.8 Å². The molecular formula is C22H27N5O2. The van der Waals surface area contributed by atoms with Gasteiger partial charge in [0.1, 0.15) is 18.4 Å². The van der Waals surface area contributed by atoms with Crippen molar-refractivity contribution in [3.8, 4) is 11.4 Å². The molecule has 0 aliphatic heterocycles. The third-order valence-electron chi connectivity index (χ3n) is 4.74. The number of ether oxygens (including phenoxy) is 1. The van der Waals surface area contributed by atoms with Crippen LogP contribution in [-0.4, -0.2) is 27.9 Å². The van der Waals surface area contributed by atoms with Crippen LogP contribution >= 0.6 is 0 Å². The number of amides is 2. The van der Waals surface area contributed by atoms with E-state index < -0.39 is 0 Å². The number of aromatic nitrogens is 3. The lowest BCUT2D eigenvalue weighted by Gasteiger charge is -2.22. The molecule has 1 aromatic heterocycles. The summed E-state index contributed by atoms with van der Waals surface area (Å²) < 4.78 is 7.08. The van der Waals surface area contributed by atoms with E-state index in [2.05, 4.69) is 41.5 Å². The van der Waals surface area contributed by atoms with Crippen LogP contribution < -0.4 is 15.4 Å². The maximum Gasteiger partial charge on any atom is 0.319 e. The molecule has 0 saturated carbocycles. The molecule has 1 atom stereocenters. The van der Waals surface area contributed by atoms with Gasteiger partial charge in [-0.1, -0.05) is 39.0 Å². The predicted octanol–water partition coefficient (Wildman–Crippen LogP) is 4.46. The Morgan fingerprint density at radius 2 is 1.86 bits per heavy atom. The molecule has 0 aliphatic carbocycles. The summed E-state index contributed by atoms with van der Waals surface area (Å²) >= 11 is 0. The van der Waals surface area contributed by atoms with E-state index in [1.165, 1.54) is 6.33 Å². The molecule has 7 nitrogen and oxygen atoms in total. The first-order chi connectivity index (χ1) is 13.8. The van der Waals surface area contributed by atoms with Crippen LogP contribution in [-0.2, 0) is 5.41 Å². The average molecular weight is 393 g/mol. The fraction of sp³-hybridized carbons (Fsp3) is 0.318. The molecule has 1 heterocycles. The van der Waals surface area contributed by atoms with Crippen molar-refractivity contribution in [2.24, 2.45) is 0 Å². The summed E-state index contributed by atoms with van der Waals surface area (Å²) in [6.45, 7) is 8.32. The largest absolute Gasteiger partial charge is 0.495 e. The lowest BCUT2D eigenvalue weighted by atomic mass is 9.87. The van der Waals surface area contributed by atoms with Crippen LogP contribution in [0.3, 0.4) is 0 Å². The highest BCUT2D eigenvalue weighted by Gasteiger charge is 2.18. The third kappa shape index (κ3) is 4.93. The van der Waals surface area contributed by atoms with Gasteiger partial charge in [0.15, 0.2) is 0 Å². The summed E-state index contributed by atoms with van der Waals surface area (Å²) in [4.78, 5) is 16.5. The Kier molecular flexibility index (Phi) is 5.87. The first kappa shape index (κ1) is 20.4. The van der Waals surface area contributed by atoms with Crippen molar-refractivity contribution >= 4 is 11.7 Å². The van der Waals surface area contributed by atoms with Crippen LogP contribution in [0.25, 0.3) is 5.69 Å². The normalized spacial score (nSPS) is 12.3. The minimum atomic E-state index is -0.290. The zero-order valence-electron chi connectivity index (χ0n) is 17.4. The Hall–Kier alpha value is -3.35. The predicted molar refractivity (Wildman–Crippen MR) is 114 cm³/mol. The number of carbonyl (C=O) groups excluding carboxylic acids is 1. The van der Waals surface area contributed by atoms with Gasteiger partial charge >= 0.3 is 6.03 Å². The number of benzene rings is 2. The Balaban J connectivity index is 1.69. The Bertz CT molecular complexity index is 960. The number of urea groups is 1. The molecular weight excluding hydrogens is 366 g/mol. The van der Waals surface area contributed by atoms with Gasteiger partial charge in [-0.2, -0.15) is 5.10 Å². The molecule has 2 aromatic carbocycles. The van der Waals surface area contributed by atoms with Crippen molar-refractivity contribution in [2.75, 3.05) is 12.4 Å². The van der Waals surface area contributed by atoms with Crippen molar-refractivity contribution in [3.05, 3.63) is 66.2 Å². The van der Waals surface area contributed by atoms with Gasteiger partial charge in [0, 0.05) is 0 Å². The van der Waals surface area contributed by atoms with Crippen LogP contribution in [0.1, 0.15) is 44.9 Å². The number of methoxy groups -OCH3 is 1. The molecule has 29 heavy (non-hydrogen) atoms. The standard InChI is InChI=1S/C22H27N5O2/c1-15(16-6-9-18(10-7-16)27-14-23-13-24-27)25-21(28)26-19-12-17(22(2,3)4)8-11-20(19)29-5/h6-15H,1-5H3,(H2,25,26,28). The topological polar surface area (TPSA) is 81.1 Å². The van der Waals surface area contributed by atoms with Gasteiger partial charge in [-0.15, -0.1) is 0 Å². The molecule has 2 N–H and O–H groups in total. The van der Waals surface area contributed by atoms with Gasteiger partial charge in [0.05, 0.1) is 24.5 Å².